The summed E-state index contributed by atoms with van der Waals surface area (Å²) in [5, 5.41) is 12.7. The lowest BCUT2D eigenvalue weighted by Crippen LogP contribution is -2.22. The van der Waals surface area contributed by atoms with Gasteiger partial charge in [0.05, 0.1) is 0 Å². The van der Waals surface area contributed by atoms with Gasteiger partial charge >= 0.3 is 5.97 Å². The Balaban J connectivity index is 1.93. The highest BCUT2D eigenvalue weighted by atomic mass is 35.5. The van der Waals surface area contributed by atoms with Crippen molar-refractivity contribution in [2.24, 2.45) is 0 Å². The number of hydrogen-bond donors (Lipinski definition) is 2. The van der Waals surface area contributed by atoms with Gasteiger partial charge < -0.3 is 15.3 Å². The summed E-state index contributed by atoms with van der Waals surface area (Å²) in [6, 6.07) is 6.02. The average Bonchev–Trinajstić information content (AvgIpc) is 2.93. The minimum atomic E-state index is -0.748. The van der Waals surface area contributed by atoms with Crippen molar-refractivity contribution in [2.75, 3.05) is 24.5 Å². The van der Waals surface area contributed by atoms with Crippen molar-refractivity contribution in [2.45, 2.75) is 32.2 Å². The van der Waals surface area contributed by atoms with Crippen molar-refractivity contribution in [1.82, 2.24) is 5.32 Å². The Morgan fingerprint density at radius 1 is 1.35 bits per heavy atom. The third-order valence-electron chi connectivity index (χ3n) is 3.59. The quantitative estimate of drug-likeness (QED) is 0.760. The second-order valence-electron chi connectivity index (χ2n) is 5.11. The van der Waals surface area contributed by atoms with Crippen LogP contribution in [0.5, 0.6) is 0 Å². The van der Waals surface area contributed by atoms with Crippen molar-refractivity contribution in [3.05, 3.63) is 28.8 Å². The number of carbonyl (C=O) groups is 1. The summed E-state index contributed by atoms with van der Waals surface area (Å²) < 4.78 is 0. The van der Waals surface area contributed by atoms with Crippen molar-refractivity contribution in [3.8, 4) is 0 Å². The van der Waals surface area contributed by atoms with Crippen LogP contribution in [0.4, 0.5) is 5.69 Å². The molecule has 0 amide bonds. The van der Waals surface area contributed by atoms with E-state index in [0.29, 0.717) is 19.5 Å². The average molecular weight is 297 g/mol. The number of hydrogen-bond acceptors (Lipinski definition) is 3. The molecule has 0 radical (unpaired) electrons. The van der Waals surface area contributed by atoms with Gasteiger partial charge in [-0.25, -0.2) is 0 Å². The molecule has 1 saturated heterocycles. The van der Waals surface area contributed by atoms with Crippen LogP contribution in [0.1, 0.15) is 31.2 Å². The second-order valence-corrected chi connectivity index (χ2v) is 5.51. The molecule has 5 heteroatoms. The zero-order valence-electron chi connectivity index (χ0n) is 11.6. The Kier molecular flexibility index (Phi) is 5.68. The van der Waals surface area contributed by atoms with E-state index in [-0.39, 0.29) is 6.42 Å². The van der Waals surface area contributed by atoms with Crippen molar-refractivity contribution < 1.29 is 9.90 Å². The van der Waals surface area contributed by atoms with Crippen LogP contribution >= 0.6 is 11.6 Å². The van der Waals surface area contributed by atoms with E-state index in [1.54, 1.807) is 0 Å². The molecule has 20 heavy (non-hydrogen) atoms. The van der Waals surface area contributed by atoms with Crippen LogP contribution in [0.2, 0.25) is 5.02 Å². The molecule has 4 nitrogen and oxygen atoms in total. The molecular formula is C15H21ClN2O2. The summed E-state index contributed by atoms with van der Waals surface area (Å²) in [5.74, 6) is -0.748. The molecule has 0 bridgehead atoms. The largest absolute Gasteiger partial charge is 0.481 e. The Hall–Kier alpha value is -1.26. The normalized spacial score (nSPS) is 14.8. The molecule has 1 fully saturated rings. The Labute approximate surface area is 124 Å². The van der Waals surface area contributed by atoms with E-state index in [2.05, 4.69) is 16.3 Å². The van der Waals surface area contributed by atoms with E-state index in [0.717, 1.165) is 23.7 Å². The number of nitrogens with zero attached hydrogens (tertiary/aromatic N) is 1. The predicted octanol–water partition coefficient (Wildman–Crippen LogP) is 2.89. The van der Waals surface area contributed by atoms with E-state index in [1.165, 1.54) is 18.5 Å². The van der Waals surface area contributed by atoms with Crippen molar-refractivity contribution in [1.29, 1.82) is 0 Å². The lowest BCUT2D eigenvalue weighted by atomic mass is 10.1. The molecule has 1 aromatic carbocycles. The van der Waals surface area contributed by atoms with Gasteiger partial charge in [0.1, 0.15) is 0 Å². The van der Waals surface area contributed by atoms with E-state index >= 15 is 0 Å². The molecule has 0 aromatic heterocycles. The maximum Gasteiger partial charge on any atom is 0.303 e. The number of carboxylic acids is 1. The van der Waals surface area contributed by atoms with Crippen LogP contribution in [0.15, 0.2) is 18.2 Å². The van der Waals surface area contributed by atoms with Gasteiger partial charge in [0, 0.05) is 42.3 Å². The lowest BCUT2D eigenvalue weighted by Gasteiger charge is -2.22. The SMILES string of the molecule is O=C(O)CCCNCc1c(Cl)cccc1N1CCCC1. The Morgan fingerprint density at radius 2 is 2.10 bits per heavy atom. The van der Waals surface area contributed by atoms with Crippen LogP contribution < -0.4 is 10.2 Å². The number of aliphatic carboxylic acids is 1. The zero-order valence-corrected chi connectivity index (χ0v) is 12.3. The van der Waals surface area contributed by atoms with Crippen LogP contribution in [0.25, 0.3) is 0 Å². The van der Waals surface area contributed by atoms with Gasteiger partial charge in [0.15, 0.2) is 0 Å². The first-order valence-corrected chi connectivity index (χ1v) is 7.51. The van der Waals surface area contributed by atoms with Crippen molar-refractivity contribution in [3.63, 3.8) is 0 Å². The minimum absolute atomic E-state index is 0.203. The topological polar surface area (TPSA) is 52.6 Å². The molecule has 0 aliphatic carbocycles. The molecule has 0 atom stereocenters. The maximum atomic E-state index is 10.5. The highest BCUT2D eigenvalue weighted by molar-refractivity contribution is 6.31. The van der Waals surface area contributed by atoms with Gasteiger partial charge in [-0.2, -0.15) is 0 Å². The Bertz CT molecular complexity index is 459. The summed E-state index contributed by atoms with van der Waals surface area (Å²) in [5.41, 5.74) is 2.33. The first-order chi connectivity index (χ1) is 9.68. The van der Waals surface area contributed by atoms with Crippen LogP contribution in [-0.4, -0.2) is 30.7 Å². The third kappa shape index (κ3) is 4.12. The lowest BCUT2D eigenvalue weighted by molar-refractivity contribution is -0.137. The molecule has 1 aliphatic heterocycles. The van der Waals surface area contributed by atoms with Crippen molar-refractivity contribution >= 4 is 23.3 Å². The summed E-state index contributed by atoms with van der Waals surface area (Å²) in [4.78, 5) is 12.8. The summed E-state index contributed by atoms with van der Waals surface area (Å²) in [6.07, 6.45) is 3.31. The van der Waals surface area contributed by atoms with Crippen LogP contribution in [-0.2, 0) is 11.3 Å². The Morgan fingerprint density at radius 3 is 2.80 bits per heavy atom. The van der Waals surface area contributed by atoms with E-state index in [1.807, 2.05) is 12.1 Å². The molecule has 0 saturated carbocycles. The minimum Gasteiger partial charge on any atom is -0.481 e. The fraction of sp³-hybridized carbons (Fsp3) is 0.533. The number of nitrogens with one attached hydrogen (secondary N) is 1. The molecule has 1 aromatic rings. The summed E-state index contributed by atoms with van der Waals surface area (Å²) in [7, 11) is 0. The second kappa shape index (κ2) is 7.50. The molecule has 2 rings (SSSR count). The number of rotatable bonds is 7. The third-order valence-corrected chi connectivity index (χ3v) is 3.94. The van der Waals surface area contributed by atoms with E-state index in [4.69, 9.17) is 16.7 Å². The van der Waals surface area contributed by atoms with Gasteiger partial charge in [-0.05, 0) is 37.9 Å². The van der Waals surface area contributed by atoms with Gasteiger partial charge in [0.25, 0.3) is 0 Å². The van der Waals surface area contributed by atoms with E-state index < -0.39 is 5.97 Å². The predicted molar refractivity (Wildman–Crippen MR) is 81.5 cm³/mol. The number of halogens is 1. The fourth-order valence-electron chi connectivity index (χ4n) is 2.55. The highest BCUT2D eigenvalue weighted by Crippen LogP contribution is 2.29. The molecular weight excluding hydrogens is 276 g/mol. The zero-order chi connectivity index (χ0) is 14.4. The maximum absolute atomic E-state index is 10.5. The number of anilines is 1. The molecule has 2 N–H and O–H groups in total. The molecule has 0 spiro atoms. The summed E-state index contributed by atoms with van der Waals surface area (Å²) >= 11 is 6.31. The number of carboxylic acid groups (broad SMARTS) is 1. The van der Waals surface area contributed by atoms with Crippen LogP contribution in [0.3, 0.4) is 0 Å². The van der Waals surface area contributed by atoms with Gasteiger partial charge in [-0.1, -0.05) is 17.7 Å². The van der Waals surface area contributed by atoms with Gasteiger partial charge in [0.2, 0.25) is 0 Å². The molecule has 1 aliphatic rings. The monoisotopic (exact) mass is 296 g/mol. The first kappa shape index (κ1) is 15.1. The highest BCUT2D eigenvalue weighted by Gasteiger charge is 2.17. The standard InChI is InChI=1S/C15H21ClN2O2/c16-13-5-3-6-14(18-9-1-2-10-18)12(13)11-17-8-4-7-15(19)20/h3,5-6,17H,1-2,4,7-11H2,(H,19,20). The smallest absolute Gasteiger partial charge is 0.303 e. The molecule has 1 heterocycles. The van der Waals surface area contributed by atoms with Crippen LogP contribution in [0, 0.1) is 0 Å². The molecule has 0 unspecified atom stereocenters. The summed E-state index contributed by atoms with van der Waals surface area (Å²) in [6.45, 7) is 3.56. The fourth-order valence-corrected chi connectivity index (χ4v) is 2.79. The first-order valence-electron chi connectivity index (χ1n) is 7.13. The van der Waals surface area contributed by atoms with E-state index in [9.17, 15) is 4.79 Å². The van der Waals surface area contributed by atoms with Gasteiger partial charge in [-0.15, -0.1) is 0 Å². The molecule has 110 valence electrons. The number of benzene rings is 1. The van der Waals surface area contributed by atoms with Gasteiger partial charge in [-0.3, -0.25) is 4.79 Å².